The molecule has 1 amide bonds. The Kier molecular flexibility index (Phi) is 7.17. The van der Waals surface area contributed by atoms with Gasteiger partial charge in [-0.05, 0) is 36.4 Å². The number of hydrogen-bond donors (Lipinski definition) is 2. The van der Waals surface area contributed by atoms with Gasteiger partial charge in [-0.2, -0.15) is 18.4 Å². The molecule has 0 radical (unpaired) electrons. The minimum atomic E-state index is -4.73. The van der Waals surface area contributed by atoms with Crippen molar-refractivity contribution in [3.63, 3.8) is 0 Å². The van der Waals surface area contributed by atoms with Gasteiger partial charge in [-0.15, -0.1) is 0 Å². The van der Waals surface area contributed by atoms with Crippen LogP contribution in [0, 0.1) is 11.3 Å². The first-order valence-electron chi connectivity index (χ1n) is 10.9. The van der Waals surface area contributed by atoms with Gasteiger partial charge in [0.15, 0.2) is 0 Å². The number of amides is 1. The van der Waals surface area contributed by atoms with E-state index < -0.39 is 23.3 Å². The van der Waals surface area contributed by atoms with E-state index in [2.05, 4.69) is 32.1 Å². The molecule has 1 aromatic heterocycles. The second-order valence-corrected chi connectivity index (χ2v) is 7.79. The highest BCUT2D eigenvalue weighted by molar-refractivity contribution is 6.00. The molecule has 0 spiro atoms. The van der Waals surface area contributed by atoms with Crippen molar-refractivity contribution in [1.82, 2.24) is 9.97 Å². The van der Waals surface area contributed by atoms with Crippen LogP contribution >= 0.6 is 0 Å². The number of aromatic nitrogens is 2. The fraction of sp³-hybridized carbons (Fsp3) is 0.200. The molecule has 0 atom stereocenters. The number of nitrogens with one attached hydrogen (secondary N) is 2. The smallest absolute Gasteiger partial charge is 0.378 e. The topological polar surface area (TPSA) is 103 Å². The monoisotopic (exact) mass is 494 g/mol. The van der Waals surface area contributed by atoms with Crippen LogP contribution < -0.4 is 15.5 Å². The number of nitrogens with zero attached hydrogens (tertiary/aromatic N) is 4. The van der Waals surface area contributed by atoms with E-state index in [4.69, 9.17) is 4.74 Å². The molecule has 1 aliphatic heterocycles. The predicted octanol–water partition coefficient (Wildman–Crippen LogP) is 4.74. The Balaban J connectivity index is 1.71. The largest absolute Gasteiger partial charge is 0.419 e. The summed E-state index contributed by atoms with van der Waals surface area (Å²) in [5.74, 6) is -0.650. The first-order valence-corrected chi connectivity index (χ1v) is 10.9. The van der Waals surface area contributed by atoms with Gasteiger partial charge >= 0.3 is 6.18 Å². The van der Waals surface area contributed by atoms with E-state index in [1.54, 1.807) is 6.07 Å². The molecule has 1 aliphatic rings. The van der Waals surface area contributed by atoms with Gasteiger partial charge < -0.3 is 20.3 Å². The van der Waals surface area contributed by atoms with Crippen LogP contribution in [0.2, 0.25) is 0 Å². The Bertz CT molecular complexity index is 1330. The summed E-state index contributed by atoms with van der Waals surface area (Å²) in [5.41, 5.74) is 0.250. The van der Waals surface area contributed by atoms with Crippen molar-refractivity contribution in [2.75, 3.05) is 41.8 Å². The van der Waals surface area contributed by atoms with Gasteiger partial charge in [0.2, 0.25) is 11.9 Å². The lowest BCUT2D eigenvalue weighted by Gasteiger charge is -2.29. The normalized spacial score (nSPS) is 13.6. The van der Waals surface area contributed by atoms with E-state index in [0.29, 0.717) is 25.1 Å². The number of carbonyl (C=O) groups is 1. The number of hydrogen-bond acceptors (Lipinski definition) is 7. The molecule has 0 unspecified atom stereocenters. The summed E-state index contributed by atoms with van der Waals surface area (Å²) in [7, 11) is 0. The van der Waals surface area contributed by atoms with E-state index in [-0.39, 0.29) is 22.8 Å². The SMILES string of the molecule is C=CC(=O)Nc1cc(-c2nc(Nc3cccc(N4CCOCC4)c3)ncc2C(F)(F)F)ccc1C#N. The lowest BCUT2D eigenvalue weighted by atomic mass is 10.0. The van der Waals surface area contributed by atoms with Crippen LogP contribution in [0.3, 0.4) is 0 Å². The van der Waals surface area contributed by atoms with Crippen LogP contribution in [0.4, 0.5) is 36.2 Å². The Morgan fingerprint density at radius 3 is 2.67 bits per heavy atom. The number of carbonyl (C=O) groups excluding carboxylic acids is 1. The third kappa shape index (κ3) is 5.61. The molecule has 11 heteroatoms. The van der Waals surface area contributed by atoms with Gasteiger partial charge in [0.1, 0.15) is 11.6 Å². The molecule has 1 saturated heterocycles. The fourth-order valence-corrected chi connectivity index (χ4v) is 3.68. The van der Waals surface area contributed by atoms with Crippen molar-refractivity contribution < 1.29 is 22.7 Å². The molecule has 1 fully saturated rings. The number of halogens is 3. The maximum absolute atomic E-state index is 13.8. The van der Waals surface area contributed by atoms with Crippen molar-refractivity contribution in [3.05, 3.63) is 72.4 Å². The third-order valence-electron chi connectivity index (χ3n) is 5.43. The maximum Gasteiger partial charge on any atom is 0.419 e. The molecule has 2 heterocycles. The molecular formula is C25H21F3N6O2. The van der Waals surface area contributed by atoms with E-state index in [1.165, 1.54) is 18.2 Å². The second-order valence-electron chi connectivity index (χ2n) is 7.79. The van der Waals surface area contributed by atoms with E-state index in [0.717, 1.165) is 24.9 Å². The quantitative estimate of drug-likeness (QED) is 0.477. The molecular weight excluding hydrogens is 473 g/mol. The molecule has 2 N–H and O–H groups in total. The first-order chi connectivity index (χ1) is 17.3. The summed E-state index contributed by atoms with van der Waals surface area (Å²) < 4.78 is 46.8. The highest BCUT2D eigenvalue weighted by Gasteiger charge is 2.35. The predicted molar refractivity (Wildman–Crippen MR) is 129 cm³/mol. The molecule has 2 aromatic carbocycles. The number of nitriles is 1. The van der Waals surface area contributed by atoms with E-state index in [1.807, 2.05) is 24.3 Å². The van der Waals surface area contributed by atoms with Crippen LogP contribution in [0.25, 0.3) is 11.3 Å². The van der Waals surface area contributed by atoms with Crippen LogP contribution in [-0.4, -0.2) is 42.2 Å². The molecule has 0 bridgehead atoms. The first kappa shape index (κ1) is 24.7. The molecule has 8 nitrogen and oxygen atoms in total. The molecule has 3 aromatic rings. The van der Waals surface area contributed by atoms with Gasteiger partial charge in [0.25, 0.3) is 0 Å². The Labute approximate surface area is 205 Å². The van der Waals surface area contributed by atoms with Crippen LogP contribution in [0.1, 0.15) is 11.1 Å². The van der Waals surface area contributed by atoms with Gasteiger partial charge in [-0.1, -0.05) is 18.7 Å². The molecule has 36 heavy (non-hydrogen) atoms. The fourth-order valence-electron chi connectivity index (χ4n) is 3.68. The highest BCUT2D eigenvalue weighted by Crippen LogP contribution is 2.37. The zero-order valence-electron chi connectivity index (χ0n) is 19.0. The number of benzene rings is 2. The minimum absolute atomic E-state index is 0.0411. The summed E-state index contributed by atoms with van der Waals surface area (Å²) in [6.07, 6.45) is -3.04. The zero-order valence-corrected chi connectivity index (χ0v) is 19.0. The lowest BCUT2D eigenvalue weighted by Crippen LogP contribution is -2.36. The van der Waals surface area contributed by atoms with Gasteiger partial charge in [-0.3, -0.25) is 4.79 Å². The third-order valence-corrected chi connectivity index (χ3v) is 5.43. The average Bonchev–Trinajstić information content (AvgIpc) is 2.88. The molecule has 184 valence electrons. The number of ether oxygens (including phenoxy) is 1. The van der Waals surface area contributed by atoms with Crippen LogP contribution in [0.5, 0.6) is 0 Å². The summed E-state index contributed by atoms with van der Waals surface area (Å²) in [6.45, 7) is 6.03. The number of alkyl halides is 3. The molecule has 0 aliphatic carbocycles. The zero-order chi connectivity index (χ0) is 25.7. The standard InChI is InChI=1S/C25H21F3N6O2/c1-2-22(35)32-21-12-16(6-7-17(21)14-29)23-20(25(26,27)28)15-30-24(33-23)31-18-4-3-5-19(13-18)34-8-10-36-11-9-34/h2-7,12-13,15H,1,8-11H2,(H,32,35)(H,30,31,33). The van der Waals surface area contributed by atoms with Crippen molar-refractivity contribution >= 4 is 28.9 Å². The minimum Gasteiger partial charge on any atom is -0.378 e. The molecule has 4 rings (SSSR count). The van der Waals surface area contributed by atoms with E-state index in [9.17, 15) is 23.2 Å². The summed E-state index contributed by atoms with van der Waals surface area (Å²) in [5, 5.41) is 14.7. The summed E-state index contributed by atoms with van der Waals surface area (Å²) in [4.78, 5) is 21.9. The Morgan fingerprint density at radius 2 is 1.97 bits per heavy atom. The van der Waals surface area contributed by atoms with E-state index >= 15 is 0 Å². The average molecular weight is 494 g/mol. The van der Waals surface area contributed by atoms with Gasteiger partial charge in [0, 0.05) is 36.2 Å². The Hall–Kier alpha value is -4.43. The van der Waals surface area contributed by atoms with Gasteiger partial charge in [-0.25, -0.2) is 9.97 Å². The van der Waals surface area contributed by atoms with Crippen LogP contribution in [0.15, 0.2) is 61.3 Å². The number of morpholine rings is 1. The number of anilines is 4. The van der Waals surface area contributed by atoms with Crippen molar-refractivity contribution in [1.29, 1.82) is 5.26 Å². The van der Waals surface area contributed by atoms with Crippen LogP contribution in [-0.2, 0) is 15.7 Å². The number of rotatable bonds is 6. The second kappa shape index (κ2) is 10.5. The Morgan fingerprint density at radius 1 is 1.19 bits per heavy atom. The van der Waals surface area contributed by atoms with Gasteiger partial charge in [0.05, 0.1) is 30.2 Å². The van der Waals surface area contributed by atoms with Crippen molar-refractivity contribution in [2.45, 2.75) is 6.18 Å². The van der Waals surface area contributed by atoms with Crippen molar-refractivity contribution in [2.24, 2.45) is 0 Å². The highest BCUT2D eigenvalue weighted by atomic mass is 19.4. The molecule has 0 saturated carbocycles. The van der Waals surface area contributed by atoms with Crippen molar-refractivity contribution in [3.8, 4) is 17.3 Å². The lowest BCUT2D eigenvalue weighted by molar-refractivity contribution is -0.137. The maximum atomic E-state index is 13.8. The summed E-state index contributed by atoms with van der Waals surface area (Å²) in [6, 6.07) is 13.2. The summed E-state index contributed by atoms with van der Waals surface area (Å²) >= 11 is 0.